The van der Waals surface area contributed by atoms with Crippen molar-refractivity contribution in [2.75, 3.05) is 0 Å². The van der Waals surface area contributed by atoms with Crippen LogP contribution < -0.4 is 0 Å². The fraction of sp³-hybridized carbons (Fsp3) is 0. The largest absolute Gasteiger partial charge is 0.0532 e. The zero-order valence-corrected chi connectivity index (χ0v) is 24.0. The summed E-state index contributed by atoms with van der Waals surface area (Å²) in [7, 11) is 0. The van der Waals surface area contributed by atoms with Crippen LogP contribution in [0, 0.1) is 0 Å². The van der Waals surface area contributed by atoms with Gasteiger partial charge < -0.3 is 0 Å². The predicted molar refractivity (Wildman–Crippen MR) is 149 cm³/mol. The minimum atomic E-state index is 1.03. The van der Waals surface area contributed by atoms with Crippen LogP contribution in [0.15, 0.2) is 113 Å². The SMILES string of the molecule is Brc1ccc(C(=C(c2ccc(Br)cc2)c2ccc(Br)cc2Br)c2ccc(Br)cc2)cc1. The molecular formula is C26H15Br5. The number of rotatable bonds is 4. The van der Waals surface area contributed by atoms with Gasteiger partial charge in [0.05, 0.1) is 0 Å². The summed E-state index contributed by atoms with van der Waals surface area (Å²) in [5, 5.41) is 0. The molecule has 0 nitrogen and oxygen atoms in total. The van der Waals surface area contributed by atoms with Crippen molar-refractivity contribution in [2.45, 2.75) is 0 Å². The summed E-state index contributed by atoms with van der Waals surface area (Å²) in [6.45, 7) is 0. The molecule has 0 bridgehead atoms. The zero-order chi connectivity index (χ0) is 22.0. The van der Waals surface area contributed by atoms with Gasteiger partial charge in [-0.1, -0.05) is 122 Å². The molecule has 0 N–H and O–H groups in total. The molecule has 4 aromatic carbocycles. The van der Waals surface area contributed by atoms with Crippen LogP contribution in [0.2, 0.25) is 0 Å². The quantitative estimate of drug-likeness (QED) is 0.184. The predicted octanol–water partition coefficient (Wildman–Crippen LogP) is 10.5. The molecule has 0 aliphatic carbocycles. The maximum Gasteiger partial charge on any atom is 0.0265 e. The summed E-state index contributed by atoms with van der Waals surface area (Å²) in [6.07, 6.45) is 0. The van der Waals surface area contributed by atoms with E-state index in [0.717, 1.165) is 50.2 Å². The van der Waals surface area contributed by atoms with E-state index in [0.29, 0.717) is 0 Å². The summed E-state index contributed by atoms with van der Waals surface area (Å²) >= 11 is 18.1. The monoisotopic (exact) mass is 722 g/mol. The summed E-state index contributed by atoms with van der Waals surface area (Å²) in [6, 6.07) is 31.8. The van der Waals surface area contributed by atoms with Crippen LogP contribution in [0.4, 0.5) is 0 Å². The lowest BCUT2D eigenvalue weighted by Gasteiger charge is -2.19. The smallest absolute Gasteiger partial charge is 0.0265 e. The minimum absolute atomic E-state index is 1.03. The van der Waals surface area contributed by atoms with Gasteiger partial charge in [-0.05, 0) is 81.9 Å². The molecule has 0 aliphatic heterocycles. The average Bonchev–Trinajstić information content (AvgIpc) is 2.75. The van der Waals surface area contributed by atoms with Gasteiger partial charge in [-0.15, -0.1) is 0 Å². The first-order valence-electron chi connectivity index (χ1n) is 9.40. The van der Waals surface area contributed by atoms with Gasteiger partial charge in [0.25, 0.3) is 0 Å². The normalized spacial score (nSPS) is 10.7. The van der Waals surface area contributed by atoms with Gasteiger partial charge in [0.15, 0.2) is 0 Å². The van der Waals surface area contributed by atoms with E-state index in [-0.39, 0.29) is 0 Å². The highest BCUT2D eigenvalue weighted by atomic mass is 79.9. The molecule has 0 saturated heterocycles. The van der Waals surface area contributed by atoms with Crippen LogP contribution >= 0.6 is 79.6 Å². The van der Waals surface area contributed by atoms with Crippen LogP contribution in [0.5, 0.6) is 0 Å². The molecule has 0 saturated carbocycles. The fourth-order valence-electron chi connectivity index (χ4n) is 3.43. The standard InChI is InChI=1S/C26H15Br5/c27-19-7-1-16(2-8-19)25(17-3-9-20(28)10-4-17)26(18-5-11-21(29)12-6-18)23-14-13-22(30)15-24(23)31/h1-15H. The van der Waals surface area contributed by atoms with Crippen molar-refractivity contribution >= 4 is 90.8 Å². The van der Waals surface area contributed by atoms with Crippen LogP contribution in [0.25, 0.3) is 11.1 Å². The molecule has 4 aromatic rings. The van der Waals surface area contributed by atoms with E-state index in [4.69, 9.17) is 0 Å². The van der Waals surface area contributed by atoms with Crippen LogP contribution in [0.3, 0.4) is 0 Å². The molecule has 0 aliphatic rings. The highest BCUT2D eigenvalue weighted by Crippen LogP contribution is 2.41. The van der Waals surface area contributed by atoms with E-state index in [1.54, 1.807) is 0 Å². The maximum absolute atomic E-state index is 3.81. The van der Waals surface area contributed by atoms with Crippen molar-refractivity contribution in [3.63, 3.8) is 0 Å². The Kier molecular flexibility index (Phi) is 7.71. The molecule has 31 heavy (non-hydrogen) atoms. The zero-order valence-electron chi connectivity index (χ0n) is 16.1. The first-order chi connectivity index (χ1) is 14.9. The Morgan fingerprint density at radius 2 is 0.742 bits per heavy atom. The number of hydrogen-bond donors (Lipinski definition) is 0. The molecule has 0 spiro atoms. The Balaban J connectivity index is 2.12. The van der Waals surface area contributed by atoms with Gasteiger partial charge in [0.1, 0.15) is 0 Å². The van der Waals surface area contributed by atoms with Crippen molar-refractivity contribution in [1.29, 1.82) is 0 Å². The Hall–Kier alpha value is -0.980. The molecule has 0 aromatic heterocycles. The van der Waals surface area contributed by atoms with E-state index in [2.05, 4.69) is 171 Å². The molecule has 5 heteroatoms. The minimum Gasteiger partial charge on any atom is -0.0532 e. The Labute approximate surface area is 224 Å². The van der Waals surface area contributed by atoms with Crippen LogP contribution in [-0.4, -0.2) is 0 Å². The highest BCUT2D eigenvalue weighted by Gasteiger charge is 2.18. The van der Waals surface area contributed by atoms with Gasteiger partial charge in [-0.2, -0.15) is 0 Å². The summed E-state index contributed by atoms with van der Waals surface area (Å²) in [5.41, 5.74) is 6.91. The first kappa shape index (κ1) is 23.2. The second kappa shape index (κ2) is 10.3. The molecule has 0 fully saturated rings. The van der Waals surface area contributed by atoms with Gasteiger partial charge in [0, 0.05) is 22.4 Å². The molecular weight excluding hydrogens is 712 g/mol. The van der Waals surface area contributed by atoms with Gasteiger partial charge in [-0.3, -0.25) is 0 Å². The Morgan fingerprint density at radius 3 is 1.13 bits per heavy atom. The van der Waals surface area contributed by atoms with E-state index in [9.17, 15) is 0 Å². The van der Waals surface area contributed by atoms with E-state index >= 15 is 0 Å². The number of benzene rings is 4. The lowest BCUT2D eigenvalue weighted by Crippen LogP contribution is -1.98. The lowest BCUT2D eigenvalue weighted by atomic mass is 9.86. The third kappa shape index (κ3) is 5.51. The molecule has 0 unspecified atom stereocenters. The summed E-state index contributed by atoms with van der Waals surface area (Å²) in [5.74, 6) is 0. The first-order valence-corrected chi connectivity index (χ1v) is 13.4. The van der Waals surface area contributed by atoms with Crippen molar-refractivity contribution in [3.05, 3.63) is 136 Å². The second-order valence-corrected chi connectivity index (χ2v) is 11.4. The van der Waals surface area contributed by atoms with Crippen LogP contribution in [0.1, 0.15) is 22.3 Å². The number of hydrogen-bond acceptors (Lipinski definition) is 0. The van der Waals surface area contributed by atoms with Gasteiger partial charge in [0.2, 0.25) is 0 Å². The molecule has 0 atom stereocenters. The lowest BCUT2D eigenvalue weighted by molar-refractivity contribution is 1.46. The maximum atomic E-state index is 3.81. The van der Waals surface area contributed by atoms with Crippen molar-refractivity contribution in [2.24, 2.45) is 0 Å². The van der Waals surface area contributed by atoms with Crippen molar-refractivity contribution in [3.8, 4) is 0 Å². The van der Waals surface area contributed by atoms with E-state index < -0.39 is 0 Å². The Bertz CT molecular complexity index is 1190. The number of halogens is 5. The topological polar surface area (TPSA) is 0 Å². The van der Waals surface area contributed by atoms with Crippen molar-refractivity contribution in [1.82, 2.24) is 0 Å². The summed E-state index contributed by atoms with van der Waals surface area (Å²) in [4.78, 5) is 0. The fourth-order valence-corrected chi connectivity index (χ4v) is 5.47. The highest BCUT2D eigenvalue weighted by molar-refractivity contribution is 9.11. The molecule has 0 heterocycles. The molecule has 4 rings (SSSR count). The van der Waals surface area contributed by atoms with Gasteiger partial charge in [-0.25, -0.2) is 0 Å². The van der Waals surface area contributed by atoms with Crippen molar-refractivity contribution < 1.29 is 0 Å². The third-order valence-electron chi connectivity index (χ3n) is 4.85. The van der Waals surface area contributed by atoms with Gasteiger partial charge >= 0.3 is 0 Å². The average molecular weight is 727 g/mol. The molecule has 154 valence electrons. The summed E-state index contributed by atoms with van der Waals surface area (Å²) < 4.78 is 5.24. The molecule has 0 radical (unpaired) electrons. The Morgan fingerprint density at radius 1 is 0.387 bits per heavy atom. The van der Waals surface area contributed by atoms with Crippen LogP contribution in [-0.2, 0) is 0 Å². The second-order valence-electron chi connectivity index (χ2n) is 6.89. The molecule has 0 amide bonds. The van der Waals surface area contributed by atoms with E-state index in [1.807, 2.05) is 0 Å². The third-order valence-corrected chi connectivity index (χ3v) is 7.58. The van der Waals surface area contributed by atoms with E-state index in [1.165, 1.54) is 5.57 Å².